The summed E-state index contributed by atoms with van der Waals surface area (Å²) < 4.78 is 27.1. The van der Waals surface area contributed by atoms with Crippen LogP contribution in [0.5, 0.6) is 0 Å². The summed E-state index contributed by atoms with van der Waals surface area (Å²) >= 11 is 3.25. The first-order valence-corrected chi connectivity index (χ1v) is 8.29. The first-order valence-electron chi connectivity index (χ1n) is 6.02. The molecule has 5 nitrogen and oxygen atoms in total. The van der Waals surface area contributed by atoms with Gasteiger partial charge in [-0.2, -0.15) is 0 Å². The van der Waals surface area contributed by atoms with Crippen molar-refractivity contribution in [2.45, 2.75) is 17.7 Å². The predicted octanol–water partition coefficient (Wildman–Crippen LogP) is 1.25. The normalized spacial score (nSPS) is 15.2. The van der Waals surface area contributed by atoms with E-state index in [9.17, 15) is 13.2 Å². The second-order valence-electron chi connectivity index (χ2n) is 4.42. The van der Waals surface area contributed by atoms with Crippen molar-refractivity contribution in [2.75, 3.05) is 13.1 Å². The lowest BCUT2D eigenvalue weighted by Crippen LogP contribution is -2.35. The summed E-state index contributed by atoms with van der Waals surface area (Å²) in [5.41, 5.74) is 0. The lowest BCUT2D eigenvalue weighted by Gasteiger charge is -2.07. The third kappa shape index (κ3) is 4.29. The van der Waals surface area contributed by atoms with Crippen LogP contribution >= 0.6 is 15.9 Å². The molecule has 0 spiro atoms. The molecule has 2 N–H and O–H groups in total. The first-order chi connectivity index (χ1) is 8.99. The Bertz CT molecular complexity index is 553. The van der Waals surface area contributed by atoms with Gasteiger partial charge in [0.15, 0.2) is 0 Å². The quantitative estimate of drug-likeness (QED) is 0.761. The predicted molar refractivity (Wildman–Crippen MR) is 75.1 cm³/mol. The van der Waals surface area contributed by atoms with Gasteiger partial charge in [-0.3, -0.25) is 4.79 Å². The van der Waals surface area contributed by atoms with Gasteiger partial charge in [-0.15, -0.1) is 0 Å². The molecule has 0 radical (unpaired) electrons. The van der Waals surface area contributed by atoms with E-state index in [1.165, 1.54) is 12.1 Å². The van der Waals surface area contributed by atoms with Crippen molar-refractivity contribution >= 4 is 31.9 Å². The molecule has 0 saturated heterocycles. The fourth-order valence-corrected chi connectivity index (χ4v) is 2.85. The maximum atomic E-state index is 11.9. The summed E-state index contributed by atoms with van der Waals surface area (Å²) in [6, 6.07) is 6.39. The topological polar surface area (TPSA) is 75.3 Å². The van der Waals surface area contributed by atoms with Gasteiger partial charge in [-0.1, -0.05) is 15.9 Å². The molecule has 1 aliphatic rings. The number of benzene rings is 1. The highest BCUT2D eigenvalue weighted by molar-refractivity contribution is 9.10. The Labute approximate surface area is 121 Å². The Hall–Kier alpha value is -0.920. The van der Waals surface area contributed by atoms with E-state index in [4.69, 9.17) is 0 Å². The van der Waals surface area contributed by atoms with Gasteiger partial charge in [-0.25, -0.2) is 13.1 Å². The minimum absolute atomic E-state index is 0.0165. The molecule has 1 amide bonds. The van der Waals surface area contributed by atoms with E-state index < -0.39 is 10.0 Å². The van der Waals surface area contributed by atoms with Crippen LogP contribution in [0.1, 0.15) is 12.8 Å². The zero-order valence-corrected chi connectivity index (χ0v) is 12.6. The second kappa shape index (κ2) is 6.02. The van der Waals surface area contributed by atoms with Gasteiger partial charge in [0.2, 0.25) is 15.9 Å². The fraction of sp³-hybridized carbons (Fsp3) is 0.417. The molecule has 1 aromatic rings. The number of carbonyl (C=O) groups is 1. The van der Waals surface area contributed by atoms with E-state index in [1.54, 1.807) is 12.1 Å². The molecule has 1 aliphatic carbocycles. The molecule has 1 aromatic carbocycles. The van der Waals surface area contributed by atoms with Crippen LogP contribution in [0.4, 0.5) is 0 Å². The Kier molecular flexibility index (Phi) is 4.59. The van der Waals surface area contributed by atoms with Gasteiger partial charge in [-0.05, 0) is 37.1 Å². The summed E-state index contributed by atoms with van der Waals surface area (Å²) in [6.07, 6.45) is 1.88. The Morgan fingerprint density at radius 3 is 2.42 bits per heavy atom. The van der Waals surface area contributed by atoms with Crippen LogP contribution in [0, 0.1) is 5.92 Å². The summed E-state index contributed by atoms with van der Waals surface area (Å²) in [4.78, 5) is 11.6. The van der Waals surface area contributed by atoms with E-state index in [0.29, 0.717) is 6.54 Å². The average Bonchev–Trinajstić information content (AvgIpc) is 3.19. The van der Waals surface area contributed by atoms with Crippen molar-refractivity contribution in [1.82, 2.24) is 10.0 Å². The second-order valence-corrected chi connectivity index (χ2v) is 7.10. The SMILES string of the molecule is O=C(NCCNS(=O)(=O)c1ccc(Br)cc1)C1CC1. The smallest absolute Gasteiger partial charge is 0.240 e. The number of hydrogen-bond donors (Lipinski definition) is 2. The molecule has 1 fully saturated rings. The highest BCUT2D eigenvalue weighted by atomic mass is 79.9. The van der Waals surface area contributed by atoms with Crippen molar-refractivity contribution in [3.05, 3.63) is 28.7 Å². The maximum absolute atomic E-state index is 11.9. The summed E-state index contributed by atoms with van der Waals surface area (Å²) in [6.45, 7) is 0.502. The van der Waals surface area contributed by atoms with Crippen molar-refractivity contribution in [3.63, 3.8) is 0 Å². The zero-order chi connectivity index (χ0) is 13.9. The van der Waals surface area contributed by atoms with Gasteiger partial charge < -0.3 is 5.32 Å². The van der Waals surface area contributed by atoms with Crippen LogP contribution in [0.15, 0.2) is 33.6 Å². The highest BCUT2D eigenvalue weighted by Crippen LogP contribution is 2.28. The Balaban J connectivity index is 1.80. The standard InChI is InChI=1S/C12H15BrN2O3S/c13-10-3-5-11(6-4-10)19(17,18)15-8-7-14-12(16)9-1-2-9/h3-6,9,15H,1-2,7-8H2,(H,14,16). The van der Waals surface area contributed by atoms with Gasteiger partial charge in [0, 0.05) is 23.5 Å². The minimum atomic E-state index is -3.50. The van der Waals surface area contributed by atoms with Crippen LogP contribution in [-0.2, 0) is 14.8 Å². The van der Waals surface area contributed by atoms with Crippen LogP contribution in [-0.4, -0.2) is 27.4 Å². The van der Waals surface area contributed by atoms with E-state index >= 15 is 0 Å². The minimum Gasteiger partial charge on any atom is -0.355 e. The number of carbonyl (C=O) groups excluding carboxylic acids is 1. The van der Waals surface area contributed by atoms with Crippen LogP contribution in [0.2, 0.25) is 0 Å². The number of halogens is 1. The molecule has 19 heavy (non-hydrogen) atoms. The zero-order valence-electron chi connectivity index (χ0n) is 10.2. The number of hydrogen-bond acceptors (Lipinski definition) is 3. The van der Waals surface area contributed by atoms with Crippen LogP contribution < -0.4 is 10.0 Å². The summed E-state index contributed by atoms with van der Waals surface area (Å²) in [5, 5.41) is 2.70. The summed E-state index contributed by atoms with van der Waals surface area (Å²) in [5.74, 6) is 0.158. The largest absolute Gasteiger partial charge is 0.355 e. The van der Waals surface area contributed by atoms with Crippen molar-refractivity contribution in [2.24, 2.45) is 5.92 Å². The molecule has 1 saturated carbocycles. The molecule has 7 heteroatoms. The highest BCUT2D eigenvalue weighted by Gasteiger charge is 2.29. The third-order valence-electron chi connectivity index (χ3n) is 2.79. The van der Waals surface area contributed by atoms with Crippen molar-refractivity contribution < 1.29 is 13.2 Å². The lowest BCUT2D eigenvalue weighted by molar-refractivity contribution is -0.122. The van der Waals surface area contributed by atoms with Crippen molar-refractivity contribution in [1.29, 1.82) is 0 Å². The molecule has 0 aliphatic heterocycles. The first kappa shape index (κ1) is 14.5. The van der Waals surface area contributed by atoms with Gasteiger partial charge >= 0.3 is 0 Å². The summed E-state index contributed by atoms with van der Waals surface area (Å²) in [7, 11) is -3.50. The molecular formula is C12H15BrN2O3S. The van der Waals surface area contributed by atoms with Crippen LogP contribution in [0.25, 0.3) is 0 Å². The number of amides is 1. The maximum Gasteiger partial charge on any atom is 0.240 e. The number of rotatable bonds is 6. The number of nitrogens with one attached hydrogen (secondary N) is 2. The molecule has 104 valence electrons. The molecular weight excluding hydrogens is 332 g/mol. The lowest BCUT2D eigenvalue weighted by atomic mass is 10.4. The van der Waals surface area contributed by atoms with E-state index in [-0.39, 0.29) is 23.3 Å². The van der Waals surface area contributed by atoms with Crippen LogP contribution in [0.3, 0.4) is 0 Å². The molecule has 0 bridgehead atoms. The monoisotopic (exact) mass is 346 g/mol. The van der Waals surface area contributed by atoms with E-state index in [0.717, 1.165) is 17.3 Å². The molecule has 0 atom stereocenters. The van der Waals surface area contributed by atoms with E-state index in [1.807, 2.05) is 0 Å². The third-order valence-corrected chi connectivity index (χ3v) is 4.79. The average molecular weight is 347 g/mol. The Morgan fingerprint density at radius 2 is 1.84 bits per heavy atom. The molecule has 0 heterocycles. The van der Waals surface area contributed by atoms with Gasteiger partial charge in [0.25, 0.3) is 0 Å². The van der Waals surface area contributed by atoms with E-state index in [2.05, 4.69) is 26.0 Å². The van der Waals surface area contributed by atoms with Gasteiger partial charge in [0.05, 0.1) is 4.90 Å². The van der Waals surface area contributed by atoms with Gasteiger partial charge in [0.1, 0.15) is 0 Å². The fourth-order valence-electron chi connectivity index (χ4n) is 1.56. The molecule has 0 aromatic heterocycles. The van der Waals surface area contributed by atoms with Crippen molar-refractivity contribution in [3.8, 4) is 0 Å². The Morgan fingerprint density at radius 1 is 1.21 bits per heavy atom. The molecule has 2 rings (SSSR count). The molecule has 0 unspecified atom stereocenters. The number of sulfonamides is 1.